The summed E-state index contributed by atoms with van der Waals surface area (Å²) < 4.78 is 5.25. The van der Waals surface area contributed by atoms with Crippen LogP contribution in [0.25, 0.3) is 0 Å². The second kappa shape index (κ2) is 8.69. The molecule has 0 fully saturated rings. The molecule has 2 N–H and O–H groups in total. The number of aryl methyl sites for hydroxylation is 2. The fraction of sp³-hybridized carbons (Fsp3) is 0.556. The van der Waals surface area contributed by atoms with Crippen molar-refractivity contribution in [3.05, 3.63) is 34.9 Å². The molecule has 0 aliphatic heterocycles. The summed E-state index contributed by atoms with van der Waals surface area (Å²) in [5, 5.41) is 0. The van der Waals surface area contributed by atoms with Gasteiger partial charge in [0, 0.05) is 18.0 Å². The maximum Gasteiger partial charge on any atom is 0.307 e. The number of Topliss-reactive ketones (excluding diaryl/α,β-unsaturated/α-hetero) is 1. The third-order valence-electron chi connectivity index (χ3n) is 3.73. The lowest BCUT2D eigenvalue weighted by Gasteiger charge is -2.15. The molecule has 4 nitrogen and oxygen atoms in total. The Hall–Kier alpha value is -1.68. The van der Waals surface area contributed by atoms with Gasteiger partial charge in [0.15, 0.2) is 5.78 Å². The highest BCUT2D eigenvalue weighted by atomic mass is 16.5. The lowest BCUT2D eigenvalue weighted by atomic mass is 9.99. The predicted octanol–water partition coefficient (Wildman–Crippen LogP) is 3.33. The number of carbonyl (C=O) groups is 2. The van der Waals surface area contributed by atoms with Crippen molar-refractivity contribution in [1.29, 1.82) is 0 Å². The summed E-state index contributed by atoms with van der Waals surface area (Å²) in [6, 6.07) is 5.09. The number of hydrogen-bond acceptors (Lipinski definition) is 4. The van der Waals surface area contributed by atoms with Crippen LogP contribution in [0.2, 0.25) is 0 Å². The Bertz CT molecular complexity index is 525. The summed E-state index contributed by atoms with van der Waals surface area (Å²) >= 11 is 0. The van der Waals surface area contributed by atoms with E-state index >= 15 is 0 Å². The molecule has 0 spiro atoms. The van der Waals surface area contributed by atoms with Gasteiger partial charge in [-0.25, -0.2) is 0 Å². The van der Waals surface area contributed by atoms with Crippen molar-refractivity contribution in [1.82, 2.24) is 0 Å². The number of esters is 1. The van der Waals surface area contributed by atoms with E-state index in [1.165, 1.54) is 0 Å². The summed E-state index contributed by atoms with van der Waals surface area (Å²) in [4.78, 5) is 23.9. The molecule has 0 amide bonds. The second-order valence-corrected chi connectivity index (χ2v) is 5.98. The number of rotatable bonds is 8. The molecule has 1 rings (SSSR count). The van der Waals surface area contributed by atoms with Crippen LogP contribution in [0, 0.1) is 13.8 Å². The van der Waals surface area contributed by atoms with Crippen LogP contribution in [0.3, 0.4) is 0 Å². The van der Waals surface area contributed by atoms with Gasteiger partial charge in [-0.3, -0.25) is 9.59 Å². The average Bonchev–Trinajstić information content (AvgIpc) is 2.41. The molecular weight excluding hydrogens is 278 g/mol. The molecule has 4 heteroatoms. The van der Waals surface area contributed by atoms with Crippen LogP contribution in [-0.2, 0) is 9.53 Å². The molecule has 1 aromatic rings. The molecule has 0 bridgehead atoms. The molecule has 122 valence electrons. The third kappa shape index (κ3) is 5.98. The van der Waals surface area contributed by atoms with Gasteiger partial charge in [-0.1, -0.05) is 25.5 Å². The molecule has 0 aromatic heterocycles. The van der Waals surface area contributed by atoms with Crippen LogP contribution in [0.15, 0.2) is 18.2 Å². The Morgan fingerprint density at radius 2 is 1.86 bits per heavy atom. The fourth-order valence-electron chi connectivity index (χ4n) is 2.30. The number of benzene rings is 1. The minimum absolute atomic E-state index is 0.0370. The largest absolute Gasteiger partial charge is 0.463 e. The number of ether oxygens (including phenoxy) is 1. The summed E-state index contributed by atoms with van der Waals surface area (Å²) in [6.45, 7) is 7.88. The van der Waals surface area contributed by atoms with Crippen molar-refractivity contribution >= 4 is 11.8 Å². The third-order valence-corrected chi connectivity index (χ3v) is 3.73. The molecule has 0 saturated heterocycles. The topological polar surface area (TPSA) is 69.4 Å². The van der Waals surface area contributed by atoms with Crippen LogP contribution in [0.4, 0.5) is 0 Å². The SMILES string of the molecule is CCCC(C)OC(=O)CC(N)CC(=O)c1ccc(C)c(C)c1. The average molecular weight is 305 g/mol. The first-order valence-corrected chi connectivity index (χ1v) is 7.89. The zero-order valence-corrected chi connectivity index (χ0v) is 14.0. The van der Waals surface area contributed by atoms with E-state index in [2.05, 4.69) is 0 Å². The number of carbonyl (C=O) groups excluding carboxylic acids is 2. The highest BCUT2D eigenvalue weighted by molar-refractivity contribution is 5.96. The van der Waals surface area contributed by atoms with Gasteiger partial charge >= 0.3 is 5.97 Å². The molecule has 0 aliphatic rings. The van der Waals surface area contributed by atoms with E-state index in [0.29, 0.717) is 5.56 Å². The molecule has 22 heavy (non-hydrogen) atoms. The molecule has 0 radical (unpaired) electrons. The minimum atomic E-state index is -0.504. The van der Waals surface area contributed by atoms with E-state index in [-0.39, 0.29) is 30.7 Å². The molecule has 1 aromatic carbocycles. The zero-order chi connectivity index (χ0) is 16.7. The molecule has 2 atom stereocenters. The maximum atomic E-state index is 12.2. The normalized spacial score (nSPS) is 13.5. The van der Waals surface area contributed by atoms with Gasteiger partial charge in [-0.2, -0.15) is 0 Å². The van der Waals surface area contributed by atoms with Gasteiger partial charge in [0.25, 0.3) is 0 Å². The first-order chi connectivity index (χ1) is 10.3. The van der Waals surface area contributed by atoms with Gasteiger partial charge in [0.1, 0.15) is 0 Å². The second-order valence-electron chi connectivity index (χ2n) is 5.98. The van der Waals surface area contributed by atoms with Crippen molar-refractivity contribution in [3.8, 4) is 0 Å². The van der Waals surface area contributed by atoms with Crippen LogP contribution >= 0.6 is 0 Å². The monoisotopic (exact) mass is 305 g/mol. The Balaban J connectivity index is 2.50. The van der Waals surface area contributed by atoms with E-state index in [9.17, 15) is 9.59 Å². The standard InChI is InChI=1S/C18H27NO3/c1-5-6-14(4)22-18(21)11-16(19)10-17(20)15-8-7-12(2)13(3)9-15/h7-9,14,16H,5-6,10-11,19H2,1-4H3. The van der Waals surface area contributed by atoms with Crippen molar-refractivity contribution in [2.45, 2.75) is 65.5 Å². The van der Waals surface area contributed by atoms with E-state index < -0.39 is 6.04 Å². The Labute approximate surface area is 133 Å². The number of nitrogens with two attached hydrogens (primary N) is 1. The molecule has 2 unspecified atom stereocenters. The van der Waals surface area contributed by atoms with Gasteiger partial charge < -0.3 is 10.5 Å². The smallest absolute Gasteiger partial charge is 0.307 e. The number of ketones is 1. The summed E-state index contributed by atoms with van der Waals surface area (Å²) in [6.07, 6.45) is 1.93. The molecule has 0 aliphatic carbocycles. The Kier molecular flexibility index (Phi) is 7.25. The summed E-state index contributed by atoms with van der Waals surface area (Å²) in [7, 11) is 0. The van der Waals surface area contributed by atoms with Crippen LogP contribution in [-0.4, -0.2) is 23.9 Å². The maximum absolute atomic E-state index is 12.2. The zero-order valence-electron chi connectivity index (χ0n) is 14.0. The van der Waals surface area contributed by atoms with E-state index in [1.54, 1.807) is 6.07 Å². The molecule has 0 saturated carbocycles. The van der Waals surface area contributed by atoms with Crippen molar-refractivity contribution in [2.24, 2.45) is 5.73 Å². The fourth-order valence-corrected chi connectivity index (χ4v) is 2.30. The van der Waals surface area contributed by atoms with Crippen molar-refractivity contribution < 1.29 is 14.3 Å². The van der Waals surface area contributed by atoms with Crippen molar-refractivity contribution in [3.63, 3.8) is 0 Å². The van der Waals surface area contributed by atoms with Crippen LogP contribution in [0.1, 0.15) is 61.0 Å². The van der Waals surface area contributed by atoms with E-state index in [1.807, 2.05) is 39.8 Å². The molecule has 0 heterocycles. The predicted molar refractivity (Wildman–Crippen MR) is 87.9 cm³/mol. The summed E-state index contributed by atoms with van der Waals surface area (Å²) in [5.74, 6) is -0.369. The van der Waals surface area contributed by atoms with E-state index in [0.717, 1.165) is 24.0 Å². The van der Waals surface area contributed by atoms with Crippen molar-refractivity contribution in [2.75, 3.05) is 0 Å². The Morgan fingerprint density at radius 1 is 1.18 bits per heavy atom. The van der Waals surface area contributed by atoms with Crippen LogP contribution < -0.4 is 5.73 Å². The molecular formula is C18H27NO3. The highest BCUT2D eigenvalue weighted by Crippen LogP contribution is 2.13. The van der Waals surface area contributed by atoms with Gasteiger partial charge in [0.05, 0.1) is 12.5 Å². The van der Waals surface area contributed by atoms with Gasteiger partial charge in [0.2, 0.25) is 0 Å². The van der Waals surface area contributed by atoms with Gasteiger partial charge in [-0.05, 0) is 44.4 Å². The first-order valence-electron chi connectivity index (χ1n) is 7.89. The Morgan fingerprint density at radius 3 is 2.45 bits per heavy atom. The van der Waals surface area contributed by atoms with E-state index in [4.69, 9.17) is 10.5 Å². The highest BCUT2D eigenvalue weighted by Gasteiger charge is 2.17. The lowest BCUT2D eigenvalue weighted by Crippen LogP contribution is -2.29. The van der Waals surface area contributed by atoms with Crippen LogP contribution in [0.5, 0.6) is 0 Å². The first kappa shape index (κ1) is 18.4. The quantitative estimate of drug-likeness (QED) is 0.591. The number of hydrogen-bond donors (Lipinski definition) is 1. The van der Waals surface area contributed by atoms with Gasteiger partial charge in [-0.15, -0.1) is 0 Å². The lowest BCUT2D eigenvalue weighted by molar-refractivity contribution is -0.148. The minimum Gasteiger partial charge on any atom is -0.463 e. The summed E-state index contributed by atoms with van der Waals surface area (Å²) in [5.41, 5.74) is 8.78.